The fourth-order valence-electron chi connectivity index (χ4n) is 6.29. The van der Waals surface area contributed by atoms with Crippen LogP contribution in [0.25, 0.3) is 43.0 Å². The summed E-state index contributed by atoms with van der Waals surface area (Å²) in [6, 6.07) is 25.7. The van der Waals surface area contributed by atoms with Crippen LogP contribution in [-0.4, -0.2) is 15.9 Å². The number of rotatable bonds is 9. The van der Waals surface area contributed by atoms with E-state index in [4.69, 9.17) is 4.98 Å². The van der Waals surface area contributed by atoms with Crippen molar-refractivity contribution in [3.8, 4) is 11.3 Å². The smallest absolute Gasteiger partial charge is 0.162 e. The summed E-state index contributed by atoms with van der Waals surface area (Å²) in [6.07, 6.45) is 8.01. The summed E-state index contributed by atoms with van der Waals surface area (Å²) in [7, 11) is -0.382. The second-order valence-electron chi connectivity index (χ2n) is 12.7. The molecule has 5 rings (SSSR count). The molecule has 5 aromatic rings. The molecule has 0 amide bonds. The summed E-state index contributed by atoms with van der Waals surface area (Å²) >= 11 is 0. The molecule has 0 bridgehead atoms. The Kier molecular flexibility index (Phi) is 13.2. The van der Waals surface area contributed by atoms with Crippen LogP contribution in [0.2, 0.25) is 0 Å². The quantitative estimate of drug-likeness (QED) is 0.0918. The third-order valence-electron chi connectivity index (χ3n) is 8.92. The minimum atomic E-state index is -0.382. The molecule has 0 aliphatic rings. The first kappa shape index (κ1) is 36.7. The number of allylic oxidation sites excluding steroid dienone is 2. The molecule has 3 aromatic carbocycles. The molecule has 1 atom stereocenters. The van der Waals surface area contributed by atoms with Crippen molar-refractivity contribution in [2.75, 3.05) is 0 Å². The van der Waals surface area contributed by atoms with Gasteiger partial charge in [-0.15, -0.1) is 36.7 Å². The van der Waals surface area contributed by atoms with Gasteiger partial charge in [0.1, 0.15) is 0 Å². The summed E-state index contributed by atoms with van der Waals surface area (Å²) in [5.41, 5.74) is 3.65. The molecule has 0 saturated carbocycles. The molecule has 3 nitrogen and oxygen atoms in total. The predicted octanol–water partition coefficient (Wildman–Crippen LogP) is 12.2. The molecule has 0 spiro atoms. The molecule has 1 N–H and O–H groups in total. The molecule has 45 heavy (non-hydrogen) atoms. The zero-order valence-electron chi connectivity index (χ0n) is 28.2. The van der Waals surface area contributed by atoms with Crippen molar-refractivity contribution in [2.45, 2.75) is 92.7 Å². The first-order chi connectivity index (χ1) is 21.1. The Bertz CT molecular complexity index is 1770. The Morgan fingerprint density at radius 1 is 0.867 bits per heavy atom. The van der Waals surface area contributed by atoms with Gasteiger partial charge in [-0.1, -0.05) is 109 Å². The summed E-state index contributed by atoms with van der Waals surface area (Å²) in [5, 5.41) is 17.9. The van der Waals surface area contributed by atoms with E-state index in [0.29, 0.717) is 0 Å². The van der Waals surface area contributed by atoms with E-state index in [1.165, 1.54) is 43.4 Å². The van der Waals surface area contributed by atoms with Crippen molar-refractivity contribution in [3.05, 3.63) is 90.3 Å². The van der Waals surface area contributed by atoms with Gasteiger partial charge in [-0.2, -0.15) is 0 Å². The van der Waals surface area contributed by atoms with Crippen LogP contribution < -0.4 is 0 Å². The summed E-state index contributed by atoms with van der Waals surface area (Å²) in [6.45, 7) is 17.2. The van der Waals surface area contributed by atoms with E-state index in [2.05, 4.69) is 94.4 Å². The molecule has 1 radical (unpaired) electrons. The average molecular weight is 799 g/mol. The van der Waals surface area contributed by atoms with Gasteiger partial charge in [0.15, 0.2) is 5.78 Å². The molecule has 5 heteroatoms. The number of fused-ring (bicyclic) bond motifs is 4. The Labute approximate surface area is 285 Å². The number of aliphatic hydroxyl groups is 1. The number of hydrogen-bond acceptors (Lipinski definition) is 3. The number of carbonyl (C=O) groups is 1. The van der Waals surface area contributed by atoms with E-state index in [-0.39, 0.29) is 56.4 Å². The number of benzene rings is 3. The summed E-state index contributed by atoms with van der Waals surface area (Å²) in [4.78, 5) is 16.6. The van der Waals surface area contributed by atoms with Crippen LogP contribution >= 0.6 is 7.53 Å². The minimum Gasteiger partial charge on any atom is -0.512 e. The van der Waals surface area contributed by atoms with Gasteiger partial charge < -0.3 is 5.11 Å². The minimum absolute atomic E-state index is 0. The largest absolute Gasteiger partial charge is 0.512 e. The summed E-state index contributed by atoms with van der Waals surface area (Å²) in [5.74, 6) is 0.547. The number of aryl methyl sites for hydroxylation is 1. The first-order valence-electron chi connectivity index (χ1n) is 16.4. The van der Waals surface area contributed by atoms with Gasteiger partial charge in [0.2, 0.25) is 0 Å². The molecule has 0 aliphatic heterocycles. The maximum absolute atomic E-state index is 11.7. The Morgan fingerprint density at radius 2 is 1.47 bits per heavy atom. The molecule has 0 aliphatic carbocycles. The van der Waals surface area contributed by atoms with Gasteiger partial charge in [0.25, 0.3) is 0 Å². The third kappa shape index (κ3) is 7.97. The standard InChI is InChI=1S/C27H25NP.C13H24O2.Ir/c1-5-29-24-13-9-8-12-21(24)22-14-15-28-25(26(22)29)19-16-18-10-6-7-11-20(18)23(17-19)27(2,3)4;1-5-10(6-2)12(14)9-13(15)11(7-3)8-4;/h6-15,17H,5H2,1-4H3;9-11,14H,5-8H2,1-4H3;/q-1;;/b;12-9-;. The molecule has 241 valence electrons. The summed E-state index contributed by atoms with van der Waals surface area (Å²) < 4.78 is 0. The molecule has 0 fully saturated rings. The molecular formula is C40H49IrNO2P-. The van der Waals surface area contributed by atoms with Crippen LogP contribution in [-0.2, 0) is 36.5 Å². The third-order valence-corrected chi connectivity index (χ3v) is 11.5. The fourth-order valence-corrected chi connectivity index (χ4v) is 8.85. The Hall–Kier alpha value is -2.77. The van der Waals surface area contributed by atoms with Gasteiger partial charge in [0.05, 0.1) is 5.76 Å². The van der Waals surface area contributed by atoms with Crippen molar-refractivity contribution < 1.29 is 30.0 Å². The van der Waals surface area contributed by atoms with Crippen molar-refractivity contribution >= 4 is 45.1 Å². The maximum atomic E-state index is 11.7. The topological polar surface area (TPSA) is 50.2 Å². The predicted molar refractivity (Wildman–Crippen MR) is 192 cm³/mol. The van der Waals surface area contributed by atoms with E-state index < -0.39 is 0 Å². The van der Waals surface area contributed by atoms with Crippen LogP contribution in [0.3, 0.4) is 0 Å². The van der Waals surface area contributed by atoms with Crippen molar-refractivity contribution in [3.63, 3.8) is 0 Å². The Morgan fingerprint density at radius 3 is 2.07 bits per heavy atom. The van der Waals surface area contributed by atoms with Crippen molar-refractivity contribution in [1.29, 1.82) is 0 Å². The fraction of sp³-hybridized carbons (Fsp3) is 0.400. The number of ketones is 1. The number of hydrogen-bond donors (Lipinski definition) is 1. The number of pyridine rings is 1. The van der Waals surface area contributed by atoms with Crippen LogP contribution in [0.15, 0.2) is 78.7 Å². The van der Waals surface area contributed by atoms with E-state index in [1.54, 1.807) is 0 Å². The second-order valence-corrected chi connectivity index (χ2v) is 15.1. The maximum Gasteiger partial charge on any atom is 0.162 e. The van der Waals surface area contributed by atoms with Crippen molar-refractivity contribution in [1.82, 2.24) is 4.98 Å². The van der Waals surface area contributed by atoms with E-state index in [1.807, 2.05) is 33.9 Å². The molecule has 1 unspecified atom stereocenters. The van der Waals surface area contributed by atoms with Gasteiger partial charge in [0, 0.05) is 55.0 Å². The van der Waals surface area contributed by atoms with Crippen LogP contribution in [0.5, 0.6) is 0 Å². The van der Waals surface area contributed by atoms with E-state index in [0.717, 1.165) is 43.1 Å². The molecular weight excluding hydrogens is 750 g/mol. The van der Waals surface area contributed by atoms with Gasteiger partial charge in [-0.05, 0) is 59.2 Å². The van der Waals surface area contributed by atoms with Gasteiger partial charge in [-0.3, -0.25) is 9.78 Å². The molecule has 2 aromatic heterocycles. The SMILES string of the molecule is CCC(CC)C(=O)/C=C(\O)C(CC)CC.CCp1c2ccccc2c2ccnc(-c3[c-]c4ccccc4c(C(C)(C)C)c3)c21.[Ir]. The Balaban J connectivity index is 0.000000297. The van der Waals surface area contributed by atoms with E-state index in [9.17, 15) is 9.90 Å². The number of aliphatic hydroxyl groups excluding tert-OH is 1. The molecule has 0 saturated heterocycles. The molecule has 2 heterocycles. The van der Waals surface area contributed by atoms with Gasteiger partial charge in [-0.25, -0.2) is 0 Å². The first-order valence-corrected chi connectivity index (χ1v) is 17.9. The second kappa shape index (κ2) is 16.2. The zero-order chi connectivity index (χ0) is 32.0. The zero-order valence-corrected chi connectivity index (χ0v) is 31.5. The van der Waals surface area contributed by atoms with Gasteiger partial charge >= 0.3 is 0 Å². The number of aromatic nitrogens is 1. The number of nitrogens with zero attached hydrogens (tertiary/aromatic N) is 1. The normalized spacial score (nSPS) is 12.5. The average Bonchev–Trinajstić information content (AvgIpc) is 3.35. The van der Waals surface area contributed by atoms with E-state index >= 15 is 0 Å². The monoisotopic (exact) mass is 799 g/mol. The van der Waals surface area contributed by atoms with Crippen LogP contribution in [0, 0.1) is 17.9 Å². The number of carbonyl (C=O) groups excluding carboxylic acids is 1. The van der Waals surface area contributed by atoms with Crippen LogP contribution in [0.4, 0.5) is 0 Å². The van der Waals surface area contributed by atoms with Crippen LogP contribution in [0.1, 0.15) is 86.6 Å². The van der Waals surface area contributed by atoms with Crippen molar-refractivity contribution in [2.24, 2.45) is 11.8 Å².